The second-order valence-corrected chi connectivity index (χ2v) is 2.08. The summed E-state index contributed by atoms with van der Waals surface area (Å²) >= 11 is 0. The van der Waals surface area contributed by atoms with Crippen molar-refractivity contribution in [3.63, 3.8) is 0 Å². The molecule has 0 saturated carbocycles. The highest BCUT2D eigenvalue weighted by molar-refractivity contribution is 5.76. The summed E-state index contributed by atoms with van der Waals surface area (Å²) < 4.78 is 2.21. The molecule has 0 spiro atoms. The van der Waals surface area contributed by atoms with Gasteiger partial charge in [0.25, 0.3) is 0 Å². The molecule has 1 aliphatic heterocycles. The third-order valence-corrected chi connectivity index (χ3v) is 1.53. The van der Waals surface area contributed by atoms with E-state index in [4.69, 9.17) is 0 Å². The van der Waals surface area contributed by atoms with E-state index in [1.54, 1.807) is 0 Å². The van der Waals surface area contributed by atoms with Crippen LogP contribution in [0.25, 0.3) is 0 Å². The summed E-state index contributed by atoms with van der Waals surface area (Å²) in [6.07, 6.45) is 0. The van der Waals surface area contributed by atoms with Gasteiger partial charge in [-0.15, -0.1) is 0 Å². The van der Waals surface area contributed by atoms with Crippen LogP contribution in [0.3, 0.4) is 0 Å². The van der Waals surface area contributed by atoms with E-state index in [1.807, 2.05) is 0 Å². The van der Waals surface area contributed by atoms with Crippen molar-refractivity contribution in [1.29, 1.82) is 0 Å². The monoisotopic (exact) mass is 115 g/mol. The summed E-state index contributed by atoms with van der Waals surface area (Å²) in [4.78, 5) is 2.21. The van der Waals surface area contributed by atoms with Crippen LogP contribution in [-0.4, -0.2) is 36.1 Å². The molecule has 0 unspecified atom stereocenters. The molecule has 2 nitrogen and oxygen atoms in total. The van der Waals surface area contributed by atoms with Crippen LogP contribution in [0.15, 0.2) is 0 Å². The molecular formula is C6H15N2+. The van der Waals surface area contributed by atoms with Gasteiger partial charge in [0.1, 0.15) is 0 Å². The van der Waals surface area contributed by atoms with E-state index < -0.39 is 0 Å². The summed E-state index contributed by atoms with van der Waals surface area (Å²) in [6, 6.07) is 0. The van der Waals surface area contributed by atoms with Crippen molar-refractivity contribution in [2.24, 2.45) is 0 Å². The molecule has 2 heteroatoms. The Morgan fingerprint density at radius 3 is 2.12 bits per heavy atom. The number of nitrogens with zero attached hydrogens (tertiary/aromatic N) is 2. The van der Waals surface area contributed by atoms with Gasteiger partial charge in [-0.25, -0.2) is 9.48 Å². The number of amidine groups is 1. The molecular weight excluding hydrogens is 100 g/mol. The van der Waals surface area contributed by atoms with Crippen molar-refractivity contribution >= 4 is 5.84 Å². The molecule has 0 amide bonds. The van der Waals surface area contributed by atoms with Crippen molar-refractivity contribution in [2.75, 3.05) is 20.8 Å². The molecule has 8 heavy (non-hydrogen) atoms. The Bertz CT molecular complexity index is 116. The highest BCUT2D eigenvalue weighted by atomic mass is 15.4. The van der Waals surface area contributed by atoms with Crippen LogP contribution in [0.1, 0.15) is 14.4 Å². The quantitative estimate of drug-likeness (QED) is 0.419. The van der Waals surface area contributed by atoms with Crippen LogP contribution in [0.5, 0.6) is 0 Å². The van der Waals surface area contributed by atoms with Crippen LogP contribution in [-0.2, 0) is 0 Å². The van der Waals surface area contributed by atoms with Gasteiger partial charge in [-0.1, -0.05) is 7.43 Å². The van der Waals surface area contributed by atoms with E-state index in [0.717, 1.165) is 6.67 Å². The Morgan fingerprint density at radius 2 is 2.12 bits per heavy atom. The van der Waals surface area contributed by atoms with Gasteiger partial charge in [0.05, 0.1) is 14.1 Å². The molecule has 0 aromatic carbocycles. The van der Waals surface area contributed by atoms with Crippen molar-refractivity contribution < 1.29 is 4.58 Å². The van der Waals surface area contributed by atoms with E-state index in [9.17, 15) is 0 Å². The lowest BCUT2D eigenvalue weighted by atomic mass is 10.5. The van der Waals surface area contributed by atoms with Crippen molar-refractivity contribution in [1.82, 2.24) is 4.90 Å². The molecule has 0 atom stereocenters. The fourth-order valence-corrected chi connectivity index (χ4v) is 0.736. The molecule has 0 aromatic rings. The fourth-order valence-electron chi connectivity index (χ4n) is 0.736. The fraction of sp³-hybridized carbons (Fsp3) is 0.833. The summed E-state index contributed by atoms with van der Waals surface area (Å²) in [5.41, 5.74) is 0. The third-order valence-electron chi connectivity index (χ3n) is 1.53. The van der Waals surface area contributed by atoms with Crippen LogP contribution >= 0.6 is 0 Å². The number of hydrogen-bond acceptors (Lipinski definition) is 1. The molecule has 0 N–H and O–H groups in total. The highest BCUT2D eigenvalue weighted by Crippen LogP contribution is 1.95. The largest absolute Gasteiger partial charge is 0.249 e. The van der Waals surface area contributed by atoms with Gasteiger partial charge in [-0.3, -0.25) is 0 Å². The van der Waals surface area contributed by atoms with Gasteiger partial charge < -0.3 is 0 Å². The smallest absolute Gasteiger partial charge is 0.231 e. The van der Waals surface area contributed by atoms with Gasteiger partial charge in [0.2, 0.25) is 12.5 Å². The number of hydrogen-bond donors (Lipinski definition) is 0. The maximum absolute atomic E-state index is 2.21. The Balaban J connectivity index is 0.000000490. The minimum atomic E-state index is 0. The summed E-state index contributed by atoms with van der Waals surface area (Å²) in [5, 5.41) is 0. The predicted molar refractivity (Wildman–Crippen MR) is 36.2 cm³/mol. The van der Waals surface area contributed by atoms with Gasteiger partial charge in [-0.2, -0.15) is 0 Å². The van der Waals surface area contributed by atoms with Crippen LogP contribution < -0.4 is 0 Å². The molecule has 0 aliphatic carbocycles. The van der Waals surface area contributed by atoms with Crippen LogP contribution in [0.4, 0.5) is 0 Å². The lowest BCUT2D eigenvalue weighted by Crippen LogP contribution is -2.47. The van der Waals surface area contributed by atoms with Crippen LogP contribution in [0, 0.1) is 0 Å². The second-order valence-electron chi connectivity index (χ2n) is 2.08. The first-order chi connectivity index (χ1) is 3.22. The zero-order chi connectivity index (χ0) is 5.44. The molecule has 0 aromatic heterocycles. The van der Waals surface area contributed by atoms with Gasteiger partial charge in [-0.05, 0) is 0 Å². The predicted octanol–water partition coefficient (Wildman–Crippen LogP) is 0.586. The Hall–Kier alpha value is -0.530. The minimum Gasteiger partial charge on any atom is -0.231 e. The summed E-state index contributed by atoms with van der Waals surface area (Å²) in [6.45, 7) is 3.20. The first kappa shape index (κ1) is 7.47. The molecule has 1 rings (SSSR count). The van der Waals surface area contributed by atoms with E-state index in [2.05, 4.69) is 30.5 Å². The van der Waals surface area contributed by atoms with E-state index in [-0.39, 0.29) is 7.43 Å². The standard InChI is InChI=1S/C5H11N2.CH4/c1-5-6(2)4-7(5)3;/h4H2,1-3H3;1H4/q+1;. The first-order valence-electron chi connectivity index (χ1n) is 2.47. The molecule has 0 saturated heterocycles. The Kier molecular flexibility index (Phi) is 2.02. The van der Waals surface area contributed by atoms with Crippen molar-refractivity contribution in [3.8, 4) is 0 Å². The lowest BCUT2D eigenvalue weighted by molar-refractivity contribution is -0.558. The Labute approximate surface area is 51.4 Å². The molecule has 1 aliphatic rings. The molecule has 1 heterocycles. The SMILES string of the molecule is C.CC1=[N+](C)CN1C. The third kappa shape index (κ3) is 0.831. The Morgan fingerprint density at radius 1 is 1.62 bits per heavy atom. The average Bonchev–Trinajstić information content (AvgIpc) is 1.68. The lowest BCUT2D eigenvalue weighted by Gasteiger charge is -2.22. The summed E-state index contributed by atoms with van der Waals surface area (Å²) in [5.74, 6) is 1.36. The number of rotatable bonds is 0. The van der Waals surface area contributed by atoms with Crippen LogP contribution in [0.2, 0.25) is 0 Å². The normalized spacial score (nSPS) is 17.6. The minimum absolute atomic E-state index is 0. The first-order valence-corrected chi connectivity index (χ1v) is 2.47. The molecule has 0 radical (unpaired) electrons. The van der Waals surface area contributed by atoms with Gasteiger partial charge >= 0.3 is 0 Å². The molecule has 0 bridgehead atoms. The average molecular weight is 115 g/mol. The molecule has 48 valence electrons. The van der Waals surface area contributed by atoms with Crippen molar-refractivity contribution in [3.05, 3.63) is 0 Å². The zero-order valence-corrected chi connectivity index (χ0v) is 5.10. The topological polar surface area (TPSA) is 6.25 Å². The van der Waals surface area contributed by atoms with Gasteiger partial charge in [0, 0.05) is 6.92 Å². The van der Waals surface area contributed by atoms with Gasteiger partial charge in [0.15, 0.2) is 0 Å². The van der Waals surface area contributed by atoms with E-state index in [1.165, 1.54) is 5.84 Å². The molecule has 0 fully saturated rings. The van der Waals surface area contributed by atoms with E-state index >= 15 is 0 Å². The summed E-state index contributed by atoms with van der Waals surface area (Å²) in [7, 11) is 4.19. The maximum atomic E-state index is 2.21. The van der Waals surface area contributed by atoms with E-state index in [0.29, 0.717) is 0 Å². The zero-order valence-electron chi connectivity index (χ0n) is 5.10. The highest BCUT2D eigenvalue weighted by Gasteiger charge is 2.22. The maximum Gasteiger partial charge on any atom is 0.249 e. The van der Waals surface area contributed by atoms with Crippen molar-refractivity contribution in [2.45, 2.75) is 14.4 Å². The second kappa shape index (κ2) is 2.16.